The molecule has 0 unspecified atom stereocenters. The number of rotatable bonds is 4. The Morgan fingerprint density at radius 2 is 2.00 bits per heavy atom. The lowest BCUT2D eigenvalue weighted by Crippen LogP contribution is -2.40. The molecule has 0 aliphatic carbocycles. The van der Waals surface area contributed by atoms with Crippen LogP contribution in [0.4, 0.5) is 0 Å². The third kappa shape index (κ3) is 3.67. The molecule has 0 radical (unpaired) electrons. The first-order valence-corrected chi connectivity index (χ1v) is 7.41. The number of sulfonamides is 1. The van der Waals surface area contributed by atoms with Crippen molar-refractivity contribution in [3.63, 3.8) is 0 Å². The van der Waals surface area contributed by atoms with Gasteiger partial charge in [-0.25, -0.2) is 8.42 Å². The van der Waals surface area contributed by atoms with Gasteiger partial charge in [-0.15, -0.1) is 0 Å². The highest BCUT2D eigenvalue weighted by molar-refractivity contribution is 7.88. The number of carbonyl (C=O) groups is 2. The number of hydrogen-bond donors (Lipinski definition) is 0. The van der Waals surface area contributed by atoms with Crippen LogP contribution >= 0.6 is 0 Å². The van der Waals surface area contributed by atoms with Crippen LogP contribution < -0.4 is 0 Å². The Balaban J connectivity index is 2.85. The molecule has 1 aliphatic rings. The van der Waals surface area contributed by atoms with Crippen LogP contribution in [0.1, 0.15) is 20.3 Å². The van der Waals surface area contributed by atoms with Gasteiger partial charge in [0.25, 0.3) is 0 Å². The Kier molecular flexibility index (Phi) is 4.69. The molecular weight excluding hydrogens is 262 g/mol. The van der Waals surface area contributed by atoms with E-state index in [1.54, 1.807) is 6.92 Å². The molecule has 0 saturated carbocycles. The molecule has 0 aromatic heterocycles. The fraction of sp³-hybridized carbons (Fsp3) is 0.800. The van der Waals surface area contributed by atoms with E-state index in [0.29, 0.717) is 0 Å². The molecule has 0 aromatic rings. The Morgan fingerprint density at radius 3 is 2.44 bits per heavy atom. The highest BCUT2D eigenvalue weighted by Crippen LogP contribution is 2.24. The molecule has 0 aromatic carbocycles. The highest BCUT2D eigenvalue weighted by atomic mass is 32.2. The second-order valence-electron chi connectivity index (χ2n) is 4.07. The molecular formula is C10H17NO6S. The summed E-state index contributed by atoms with van der Waals surface area (Å²) in [6.45, 7) is 3.04. The zero-order valence-corrected chi connectivity index (χ0v) is 11.4. The minimum Gasteiger partial charge on any atom is -0.465 e. The zero-order chi connectivity index (χ0) is 13.9. The van der Waals surface area contributed by atoms with Crippen LogP contribution in [0.15, 0.2) is 0 Å². The van der Waals surface area contributed by atoms with Crippen molar-refractivity contribution >= 4 is 22.0 Å². The summed E-state index contributed by atoms with van der Waals surface area (Å²) in [4.78, 5) is 22.5. The van der Waals surface area contributed by atoms with E-state index < -0.39 is 34.1 Å². The van der Waals surface area contributed by atoms with E-state index in [1.807, 2.05) is 0 Å². The summed E-state index contributed by atoms with van der Waals surface area (Å²) in [7, 11) is -3.54. The molecule has 7 nitrogen and oxygen atoms in total. The number of ether oxygens (including phenoxy) is 2. The van der Waals surface area contributed by atoms with Gasteiger partial charge in [0.2, 0.25) is 10.0 Å². The van der Waals surface area contributed by atoms with Gasteiger partial charge in [0.05, 0.1) is 19.4 Å². The molecule has 1 heterocycles. The second kappa shape index (κ2) is 5.66. The average molecular weight is 279 g/mol. The predicted octanol–water partition coefficient (Wildman–Crippen LogP) is -0.485. The molecule has 1 saturated heterocycles. The predicted molar refractivity (Wildman–Crippen MR) is 62.1 cm³/mol. The van der Waals surface area contributed by atoms with Crippen LogP contribution in [-0.4, -0.2) is 56.2 Å². The van der Waals surface area contributed by atoms with E-state index in [-0.39, 0.29) is 19.6 Å². The van der Waals surface area contributed by atoms with Gasteiger partial charge in [0.1, 0.15) is 12.1 Å². The Morgan fingerprint density at radius 1 is 1.39 bits per heavy atom. The molecule has 0 amide bonds. The minimum atomic E-state index is -3.54. The first-order chi connectivity index (χ1) is 8.25. The third-order valence-corrected chi connectivity index (χ3v) is 3.79. The van der Waals surface area contributed by atoms with Crippen molar-refractivity contribution in [3.8, 4) is 0 Å². The topological polar surface area (TPSA) is 90.0 Å². The van der Waals surface area contributed by atoms with E-state index in [4.69, 9.17) is 9.47 Å². The largest absolute Gasteiger partial charge is 0.465 e. The first-order valence-electron chi connectivity index (χ1n) is 5.56. The summed E-state index contributed by atoms with van der Waals surface area (Å²) in [6.07, 6.45) is 0.535. The van der Waals surface area contributed by atoms with Crippen molar-refractivity contribution in [3.05, 3.63) is 0 Å². The maximum absolute atomic E-state index is 11.7. The van der Waals surface area contributed by atoms with Gasteiger partial charge in [-0.3, -0.25) is 9.59 Å². The third-order valence-electron chi connectivity index (χ3n) is 2.53. The summed E-state index contributed by atoms with van der Waals surface area (Å²) in [6, 6.07) is -0.913. The van der Waals surface area contributed by atoms with Crippen molar-refractivity contribution in [2.45, 2.75) is 32.4 Å². The van der Waals surface area contributed by atoms with E-state index >= 15 is 0 Å². The van der Waals surface area contributed by atoms with E-state index in [2.05, 4.69) is 0 Å². The second-order valence-corrected chi connectivity index (χ2v) is 6.00. The van der Waals surface area contributed by atoms with E-state index in [9.17, 15) is 18.0 Å². The van der Waals surface area contributed by atoms with Gasteiger partial charge in [-0.05, 0) is 6.92 Å². The first kappa shape index (κ1) is 14.9. The molecule has 2 atom stereocenters. The summed E-state index contributed by atoms with van der Waals surface area (Å²) in [5.74, 6) is -1.12. The summed E-state index contributed by atoms with van der Waals surface area (Å²) in [5, 5.41) is 0. The normalized spacial score (nSPS) is 24.8. The smallest absolute Gasteiger partial charge is 0.324 e. The van der Waals surface area contributed by atoms with Gasteiger partial charge < -0.3 is 9.47 Å². The lowest BCUT2D eigenvalue weighted by molar-refractivity contribution is -0.149. The molecule has 0 bridgehead atoms. The molecule has 1 rings (SSSR count). The fourth-order valence-electron chi connectivity index (χ4n) is 1.91. The van der Waals surface area contributed by atoms with Crippen molar-refractivity contribution < 1.29 is 27.5 Å². The lowest BCUT2D eigenvalue weighted by atomic mass is 10.2. The van der Waals surface area contributed by atoms with Crippen LogP contribution in [0.3, 0.4) is 0 Å². The Hall–Kier alpha value is -1.15. The Bertz CT molecular complexity index is 432. The zero-order valence-electron chi connectivity index (χ0n) is 10.6. The fourth-order valence-corrected chi connectivity index (χ4v) is 2.98. The molecule has 0 N–H and O–H groups in total. The maximum atomic E-state index is 11.7. The van der Waals surface area contributed by atoms with Crippen LogP contribution in [0, 0.1) is 0 Å². The quantitative estimate of drug-likeness (QED) is 0.645. The van der Waals surface area contributed by atoms with E-state index in [1.165, 1.54) is 6.92 Å². The van der Waals surface area contributed by atoms with Gasteiger partial charge in [0.15, 0.2) is 0 Å². The monoisotopic (exact) mass is 279 g/mol. The van der Waals surface area contributed by atoms with Gasteiger partial charge in [-0.2, -0.15) is 4.31 Å². The summed E-state index contributed by atoms with van der Waals surface area (Å²) < 4.78 is 33.9. The van der Waals surface area contributed by atoms with Crippen molar-refractivity contribution in [1.29, 1.82) is 0 Å². The van der Waals surface area contributed by atoms with Crippen molar-refractivity contribution in [2.24, 2.45) is 0 Å². The molecule has 8 heteroatoms. The lowest BCUT2D eigenvalue weighted by Gasteiger charge is -2.19. The number of hydrogen-bond acceptors (Lipinski definition) is 6. The minimum absolute atomic E-state index is 0.0120. The summed E-state index contributed by atoms with van der Waals surface area (Å²) >= 11 is 0. The van der Waals surface area contributed by atoms with Gasteiger partial charge in [-0.1, -0.05) is 0 Å². The number of nitrogens with zero attached hydrogens (tertiary/aromatic N) is 1. The van der Waals surface area contributed by atoms with Crippen LogP contribution in [0.5, 0.6) is 0 Å². The summed E-state index contributed by atoms with van der Waals surface area (Å²) in [5.41, 5.74) is 0. The number of esters is 2. The van der Waals surface area contributed by atoms with E-state index in [0.717, 1.165) is 10.6 Å². The average Bonchev–Trinajstić information content (AvgIpc) is 2.60. The van der Waals surface area contributed by atoms with Gasteiger partial charge in [0, 0.05) is 13.3 Å². The Labute approximate surface area is 106 Å². The standard InChI is InChI=1S/C10H17NO6S/c1-4-16-10(13)9-5-8(17-7(2)12)6-11(9)18(3,14)15/h8-9H,4-6H2,1-3H3/t8-,9+/m0/s1. The van der Waals surface area contributed by atoms with Crippen molar-refractivity contribution in [2.75, 3.05) is 19.4 Å². The maximum Gasteiger partial charge on any atom is 0.324 e. The van der Waals surface area contributed by atoms with Crippen LogP contribution in [0.25, 0.3) is 0 Å². The van der Waals surface area contributed by atoms with Gasteiger partial charge >= 0.3 is 11.9 Å². The molecule has 18 heavy (non-hydrogen) atoms. The molecule has 0 spiro atoms. The SMILES string of the molecule is CCOC(=O)[C@H]1C[C@H](OC(C)=O)CN1S(C)(=O)=O. The molecule has 104 valence electrons. The van der Waals surface area contributed by atoms with Crippen molar-refractivity contribution in [1.82, 2.24) is 4.31 Å². The number of carbonyl (C=O) groups excluding carboxylic acids is 2. The van der Waals surface area contributed by atoms with Crippen LogP contribution in [0.2, 0.25) is 0 Å². The molecule has 1 aliphatic heterocycles. The van der Waals surface area contributed by atoms with Crippen LogP contribution in [-0.2, 0) is 29.1 Å². The molecule has 1 fully saturated rings. The highest BCUT2D eigenvalue weighted by Gasteiger charge is 2.43.